The second-order valence-corrected chi connectivity index (χ2v) is 11.6. The van der Waals surface area contributed by atoms with Crippen LogP contribution in [0.4, 0.5) is 0 Å². The van der Waals surface area contributed by atoms with E-state index in [1.165, 1.54) is 11.1 Å². The Bertz CT molecular complexity index is 2520. The average molecular weight is 578 g/mol. The van der Waals surface area contributed by atoms with Crippen molar-refractivity contribution in [1.82, 2.24) is 4.98 Å². The highest BCUT2D eigenvalue weighted by Gasteiger charge is 2.22. The lowest BCUT2D eigenvalue weighted by atomic mass is 9.92. The Morgan fingerprint density at radius 1 is 0.444 bits per heavy atom. The fraction of sp³-hybridized carbons (Fsp3) is 0.0238. The van der Waals surface area contributed by atoms with E-state index >= 15 is 0 Å². The largest absolute Gasteiger partial charge is 0.452 e. The first-order valence-corrected chi connectivity index (χ1v) is 15.2. The van der Waals surface area contributed by atoms with E-state index in [0.29, 0.717) is 0 Å². The summed E-state index contributed by atoms with van der Waals surface area (Å²) in [6.45, 7) is 2.13. The van der Waals surface area contributed by atoms with Crippen molar-refractivity contribution >= 4 is 43.9 Å². The molecule has 0 unspecified atom stereocenters. The van der Waals surface area contributed by atoms with Crippen LogP contribution in [0.25, 0.3) is 88.5 Å². The molecule has 0 saturated heterocycles. The molecule has 0 amide bonds. The lowest BCUT2D eigenvalue weighted by Gasteiger charge is -2.11. The molecule has 0 aliphatic carbocycles. The SMILES string of the molecule is Cc1cnc(-c2ccccc2)cc1-c1cc2c3cc(-c4ccccc4)ccc3oc2c2oc3ccc(-c4ccccc4)cc3c12. The van der Waals surface area contributed by atoms with Crippen LogP contribution in [-0.4, -0.2) is 4.98 Å². The Kier molecular flexibility index (Phi) is 5.72. The van der Waals surface area contributed by atoms with Gasteiger partial charge in [0.2, 0.25) is 0 Å². The summed E-state index contributed by atoms with van der Waals surface area (Å²) < 4.78 is 13.3. The summed E-state index contributed by atoms with van der Waals surface area (Å²) in [5, 5.41) is 4.21. The minimum absolute atomic E-state index is 0.762. The number of pyridine rings is 1. The number of aryl methyl sites for hydroxylation is 1. The van der Waals surface area contributed by atoms with E-state index in [1.54, 1.807) is 0 Å². The maximum Gasteiger partial charge on any atom is 0.179 e. The van der Waals surface area contributed by atoms with Crippen LogP contribution in [0.1, 0.15) is 5.56 Å². The van der Waals surface area contributed by atoms with Crippen LogP contribution in [0.5, 0.6) is 0 Å². The second kappa shape index (κ2) is 10.1. The van der Waals surface area contributed by atoms with Gasteiger partial charge in [0, 0.05) is 33.3 Å². The van der Waals surface area contributed by atoms with Crippen LogP contribution in [0, 0.1) is 6.92 Å². The Morgan fingerprint density at radius 3 is 1.64 bits per heavy atom. The van der Waals surface area contributed by atoms with E-state index in [4.69, 9.17) is 13.8 Å². The number of hydrogen-bond acceptors (Lipinski definition) is 3. The van der Waals surface area contributed by atoms with Crippen LogP contribution in [0.2, 0.25) is 0 Å². The molecule has 3 heteroatoms. The zero-order valence-corrected chi connectivity index (χ0v) is 24.6. The third-order valence-corrected chi connectivity index (χ3v) is 8.86. The first-order chi connectivity index (χ1) is 22.2. The Labute approximate surface area is 260 Å². The lowest BCUT2D eigenvalue weighted by molar-refractivity contribution is 0.633. The van der Waals surface area contributed by atoms with E-state index in [9.17, 15) is 0 Å². The molecule has 212 valence electrons. The molecule has 0 fully saturated rings. The van der Waals surface area contributed by atoms with Gasteiger partial charge in [-0.05, 0) is 82.3 Å². The van der Waals surface area contributed by atoms with Gasteiger partial charge in [0.05, 0.1) is 5.69 Å². The van der Waals surface area contributed by atoms with Crippen LogP contribution in [0.15, 0.2) is 155 Å². The molecule has 0 N–H and O–H groups in total. The summed E-state index contributed by atoms with van der Waals surface area (Å²) in [4.78, 5) is 4.82. The van der Waals surface area contributed by atoms with Gasteiger partial charge in [-0.15, -0.1) is 0 Å². The Hall–Kier alpha value is -5.93. The van der Waals surface area contributed by atoms with E-state index in [0.717, 1.165) is 83.0 Å². The third-order valence-electron chi connectivity index (χ3n) is 8.86. The highest BCUT2D eigenvalue weighted by molar-refractivity contribution is 6.24. The van der Waals surface area contributed by atoms with Crippen LogP contribution in [0.3, 0.4) is 0 Å². The van der Waals surface area contributed by atoms with Gasteiger partial charge in [-0.1, -0.05) is 103 Å². The van der Waals surface area contributed by atoms with E-state index < -0.39 is 0 Å². The Balaban J connectivity index is 1.38. The van der Waals surface area contributed by atoms with E-state index in [-0.39, 0.29) is 0 Å². The summed E-state index contributed by atoms with van der Waals surface area (Å²) in [5.41, 5.74) is 13.2. The molecule has 0 saturated carbocycles. The number of rotatable bonds is 4. The molecule has 0 aliphatic rings. The van der Waals surface area contributed by atoms with Gasteiger partial charge in [-0.3, -0.25) is 4.98 Å². The van der Waals surface area contributed by atoms with Crippen molar-refractivity contribution in [1.29, 1.82) is 0 Å². The fourth-order valence-electron chi connectivity index (χ4n) is 6.58. The van der Waals surface area contributed by atoms with Gasteiger partial charge in [0.1, 0.15) is 11.2 Å². The molecule has 45 heavy (non-hydrogen) atoms. The summed E-state index contributed by atoms with van der Waals surface area (Å²) in [5.74, 6) is 0. The molecule has 0 bridgehead atoms. The second-order valence-electron chi connectivity index (χ2n) is 11.6. The summed E-state index contributed by atoms with van der Waals surface area (Å²) in [7, 11) is 0. The maximum absolute atomic E-state index is 6.71. The minimum atomic E-state index is 0.762. The zero-order valence-electron chi connectivity index (χ0n) is 24.6. The first-order valence-electron chi connectivity index (χ1n) is 15.2. The van der Waals surface area contributed by atoms with Gasteiger partial charge in [-0.25, -0.2) is 0 Å². The van der Waals surface area contributed by atoms with Crippen molar-refractivity contribution < 1.29 is 8.83 Å². The zero-order chi connectivity index (χ0) is 29.9. The number of benzene rings is 6. The molecule has 9 rings (SSSR count). The molecular weight excluding hydrogens is 550 g/mol. The molecule has 0 aliphatic heterocycles. The monoisotopic (exact) mass is 577 g/mol. The first kappa shape index (κ1) is 25.6. The van der Waals surface area contributed by atoms with Crippen molar-refractivity contribution in [2.75, 3.05) is 0 Å². The van der Waals surface area contributed by atoms with Crippen molar-refractivity contribution in [3.05, 3.63) is 151 Å². The van der Waals surface area contributed by atoms with Crippen molar-refractivity contribution in [3.8, 4) is 44.6 Å². The molecule has 3 heterocycles. The highest BCUT2D eigenvalue weighted by Crippen LogP contribution is 2.46. The highest BCUT2D eigenvalue weighted by atomic mass is 16.4. The Morgan fingerprint density at radius 2 is 1.00 bits per heavy atom. The van der Waals surface area contributed by atoms with Crippen molar-refractivity contribution in [2.24, 2.45) is 0 Å². The van der Waals surface area contributed by atoms with Gasteiger partial charge in [-0.2, -0.15) is 0 Å². The normalized spacial score (nSPS) is 11.7. The topological polar surface area (TPSA) is 39.2 Å². The summed E-state index contributed by atoms with van der Waals surface area (Å²) >= 11 is 0. The van der Waals surface area contributed by atoms with Gasteiger partial charge in [0.25, 0.3) is 0 Å². The molecule has 0 radical (unpaired) electrons. The summed E-state index contributed by atoms with van der Waals surface area (Å²) in [6.07, 6.45) is 1.98. The number of hydrogen-bond donors (Lipinski definition) is 0. The molecule has 3 aromatic heterocycles. The van der Waals surface area contributed by atoms with Crippen molar-refractivity contribution in [2.45, 2.75) is 6.92 Å². The van der Waals surface area contributed by atoms with Crippen LogP contribution >= 0.6 is 0 Å². The smallest absolute Gasteiger partial charge is 0.179 e. The van der Waals surface area contributed by atoms with Gasteiger partial charge >= 0.3 is 0 Å². The van der Waals surface area contributed by atoms with E-state index in [2.05, 4.69) is 128 Å². The molecule has 6 aromatic carbocycles. The lowest BCUT2D eigenvalue weighted by Crippen LogP contribution is -1.91. The molecular formula is C42H27NO2. The number of furan rings is 2. The van der Waals surface area contributed by atoms with Crippen LogP contribution in [-0.2, 0) is 0 Å². The van der Waals surface area contributed by atoms with Crippen LogP contribution < -0.4 is 0 Å². The quantitative estimate of drug-likeness (QED) is 0.209. The average Bonchev–Trinajstić information content (AvgIpc) is 3.67. The van der Waals surface area contributed by atoms with Crippen molar-refractivity contribution in [3.63, 3.8) is 0 Å². The van der Waals surface area contributed by atoms with Gasteiger partial charge in [0.15, 0.2) is 11.2 Å². The van der Waals surface area contributed by atoms with E-state index in [1.807, 2.05) is 24.4 Å². The number of fused-ring (bicyclic) bond motifs is 7. The summed E-state index contributed by atoms with van der Waals surface area (Å²) in [6, 6.07) is 48.7. The number of aromatic nitrogens is 1. The third kappa shape index (κ3) is 4.16. The molecule has 9 aromatic rings. The predicted octanol–water partition coefficient (Wildman–Crippen LogP) is 11.9. The number of nitrogens with zero attached hydrogens (tertiary/aromatic N) is 1. The fourth-order valence-corrected chi connectivity index (χ4v) is 6.58. The predicted molar refractivity (Wildman–Crippen MR) is 185 cm³/mol. The maximum atomic E-state index is 6.71. The molecule has 0 atom stereocenters. The molecule has 0 spiro atoms. The van der Waals surface area contributed by atoms with Gasteiger partial charge < -0.3 is 8.83 Å². The minimum Gasteiger partial charge on any atom is -0.452 e. The standard InChI is InChI=1S/C42H27NO2/c1-26-25-43-37(29-15-9-4-10-16-29)24-32(26)34-23-35-33-21-30(27-11-5-2-6-12-27)17-19-38(33)44-41(35)42-40(34)36-22-31(18-20-39(36)45-42)28-13-7-3-8-14-28/h2-25H,1H3. The molecule has 3 nitrogen and oxygen atoms in total.